The molecule has 1 atom stereocenters. The average molecular weight is 406 g/mol. The van der Waals surface area contributed by atoms with Crippen LogP contribution in [0.1, 0.15) is 36.5 Å². The number of rotatable bonds is 6. The van der Waals surface area contributed by atoms with Crippen LogP contribution in [0, 0.1) is 5.82 Å². The number of phenols is 1. The summed E-state index contributed by atoms with van der Waals surface area (Å²) in [6.45, 7) is 6.78. The molecule has 2 aromatic carbocycles. The molecule has 3 aromatic rings. The van der Waals surface area contributed by atoms with Gasteiger partial charge in [-0.15, -0.1) is 0 Å². The number of pyridine rings is 1. The maximum atomic E-state index is 13.9. The number of benzene rings is 2. The van der Waals surface area contributed by atoms with Crippen molar-refractivity contribution in [3.8, 4) is 5.75 Å². The summed E-state index contributed by atoms with van der Waals surface area (Å²) in [6, 6.07) is 17.7. The van der Waals surface area contributed by atoms with Crippen LogP contribution in [-0.4, -0.2) is 34.2 Å². The second kappa shape index (κ2) is 8.84. The van der Waals surface area contributed by atoms with Crippen LogP contribution in [0.4, 0.5) is 10.1 Å². The number of hydrogen-bond acceptors (Lipinski definition) is 4. The summed E-state index contributed by atoms with van der Waals surface area (Å²) in [5.74, 6) is -0.294. The van der Waals surface area contributed by atoms with E-state index in [0.29, 0.717) is 17.9 Å². The number of hydrogen-bond donors (Lipinski definition) is 1. The third kappa shape index (κ3) is 4.46. The van der Waals surface area contributed by atoms with Crippen LogP contribution < -0.4 is 4.90 Å². The van der Waals surface area contributed by atoms with Gasteiger partial charge in [0.15, 0.2) is 11.6 Å². The van der Waals surface area contributed by atoms with E-state index >= 15 is 0 Å². The highest BCUT2D eigenvalue weighted by molar-refractivity contribution is 5.49. The van der Waals surface area contributed by atoms with E-state index in [1.807, 2.05) is 18.2 Å². The van der Waals surface area contributed by atoms with E-state index in [1.165, 1.54) is 22.9 Å². The smallest absolute Gasteiger partial charge is 0.165 e. The molecule has 0 saturated carbocycles. The van der Waals surface area contributed by atoms with Crippen molar-refractivity contribution in [1.29, 1.82) is 0 Å². The summed E-state index contributed by atoms with van der Waals surface area (Å²) in [7, 11) is 0. The fourth-order valence-electron chi connectivity index (χ4n) is 4.09. The number of para-hydroxylation sites is 1. The van der Waals surface area contributed by atoms with Crippen molar-refractivity contribution in [2.45, 2.75) is 38.8 Å². The van der Waals surface area contributed by atoms with E-state index in [2.05, 4.69) is 52.9 Å². The van der Waals surface area contributed by atoms with E-state index < -0.39 is 5.82 Å². The fourth-order valence-corrected chi connectivity index (χ4v) is 4.09. The van der Waals surface area contributed by atoms with E-state index in [-0.39, 0.29) is 11.8 Å². The van der Waals surface area contributed by atoms with Gasteiger partial charge in [-0.3, -0.25) is 9.88 Å². The van der Waals surface area contributed by atoms with Crippen LogP contribution in [0.25, 0.3) is 0 Å². The highest BCUT2D eigenvalue weighted by Gasteiger charge is 2.31. The molecule has 1 unspecified atom stereocenters. The van der Waals surface area contributed by atoms with Crippen molar-refractivity contribution in [3.05, 3.63) is 89.5 Å². The first-order valence-electron chi connectivity index (χ1n) is 10.5. The summed E-state index contributed by atoms with van der Waals surface area (Å²) in [5.41, 5.74) is 4.35. The minimum absolute atomic E-state index is 0.163. The van der Waals surface area contributed by atoms with Gasteiger partial charge in [0.1, 0.15) is 0 Å². The first-order chi connectivity index (χ1) is 14.5. The summed E-state index contributed by atoms with van der Waals surface area (Å²) in [4.78, 5) is 8.85. The second-order valence-electron chi connectivity index (χ2n) is 8.32. The first-order valence-corrected chi connectivity index (χ1v) is 10.5. The van der Waals surface area contributed by atoms with Gasteiger partial charge in [0, 0.05) is 37.2 Å². The number of anilines is 1. The van der Waals surface area contributed by atoms with E-state index in [0.717, 1.165) is 19.8 Å². The van der Waals surface area contributed by atoms with Gasteiger partial charge in [-0.05, 0) is 59.4 Å². The van der Waals surface area contributed by atoms with Gasteiger partial charge in [0.05, 0.1) is 6.67 Å². The number of phenolic OH excluding ortho intramolecular Hbond substituents is 1. The van der Waals surface area contributed by atoms with Gasteiger partial charge in [0.2, 0.25) is 0 Å². The monoisotopic (exact) mass is 405 g/mol. The number of nitrogens with zero attached hydrogens (tertiary/aromatic N) is 3. The first kappa shape index (κ1) is 20.4. The Kier molecular flexibility index (Phi) is 6.00. The Bertz CT molecular complexity index is 975. The molecule has 1 fully saturated rings. The minimum Gasteiger partial charge on any atom is -0.505 e. The molecule has 4 nitrogen and oxygen atoms in total. The van der Waals surface area contributed by atoms with Crippen molar-refractivity contribution < 1.29 is 9.50 Å². The molecule has 1 saturated heterocycles. The minimum atomic E-state index is -0.563. The number of aromatic nitrogens is 1. The molecular weight excluding hydrogens is 377 g/mol. The lowest BCUT2D eigenvalue weighted by molar-refractivity contribution is 0.248. The molecule has 0 bridgehead atoms. The molecule has 0 amide bonds. The van der Waals surface area contributed by atoms with Crippen molar-refractivity contribution in [2.24, 2.45) is 0 Å². The summed E-state index contributed by atoms with van der Waals surface area (Å²) < 4.78 is 13.9. The molecule has 156 valence electrons. The van der Waals surface area contributed by atoms with Crippen molar-refractivity contribution in [3.63, 3.8) is 0 Å². The summed E-state index contributed by atoms with van der Waals surface area (Å²) in [5, 5.41) is 10.2. The summed E-state index contributed by atoms with van der Waals surface area (Å²) >= 11 is 0. The Balaban J connectivity index is 1.57. The second-order valence-corrected chi connectivity index (χ2v) is 8.32. The van der Waals surface area contributed by atoms with Gasteiger partial charge in [-0.25, -0.2) is 4.39 Å². The van der Waals surface area contributed by atoms with E-state index in [1.54, 1.807) is 18.5 Å². The highest BCUT2D eigenvalue weighted by atomic mass is 19.1. The van der Waals surface area contributed by atoms with Gasteiger partial charge >= 0.3 is 0 Å². The maximum absolute atomic E-state index is 13.9. The largest absolute Gasteiger partial charge is 0.505 e. The third-order valence-corrected chi connectivity index (χ3v) is 5.89. The van der Waals surface area contributed by atoms with Crippen molar-refractivity contribution in [1.82, 2.24) is 9.88 Å². The lowest BCUT2D eigenvalue weighted by Crippen LogP contribution is -2.32. The zero-order chi connectivity index (χ0) is 21.1. The van der Waals surface area contributed by atoms with Gasteiger partial charge in [0.25, 0.3) is 0 Å². The van der Waals surface area contributed by atoms with Crippen molar-refractivity contribution >= 4 is 5.69 Å². The van der Waals surface area contributed by atoms with Crippen LogP contribution in [0.3, 0.4) is 0 Å². The quantitative estimate of drug-likeness (QED) is 0.631. The van der Waals surface area contributed by atoms with Crippen molar-refractivity contribution in [2.75, 3.05) is 18.1 Å². The molecule has 1 aliphatic heterocycles. The molecule has 5 heteroatoms. The molecule has 1 aromatic heterocycles. The Labute approximate surface area is 177 Å². The molecule has 0 spiro atoms. The Morgan fingerprint density at radius 1 is 1.07 bits per heavy atom. The molecular formula is C25H28FN3O. The normalized spacial score (nSPS) is 17.1. The van der Waals surface area contributed by atoms with Crippen LogP contribution in [0.15, 0.2) is 67.0 Å². The molecule has 0 aliphatic carbocycles. The lowest BCUT2D eigenvalue weighted by atomic mass is 10.0. The lowest BCUT2D eigenvalue weighted by Gasteiger charge is -2.23. The fraction of sp³-hybridized carbons (Fsp3) is 0.320. The van der Waals surface area contributed by atoms with Crippen LogP contribution in [-0.2, 0) is 13.0 Å². The van der Waals surface area contributed by atoms with E-state index in [9.17, 15) is 9.50 Å². The van der Waals surface area contributed by atoms with Crippen LogP contribution >= 0.6 is 0 Å². The molecule has 1 aliphatic rings. The van der Waals surface area contributed by atoms with Gasteiger partial charge in [-0.2, -0.15) is 0 Å². The van der Waals surface area contributed by atoms with Gasteiger partial charge < -0.3 is 10.0 Å². The average Bonchev–Trinajstić information content (AvgIpc) is 3.14. The molecule has 4 rings (SSSR count). The Morgan fingerprint density at radius 2 is 1.80 bits per heavy atom. The molecule has 0 radical (unpaired) electrons. The Morgan fingerprint density at radius 3 is 2.50 bits per heavy atom. The highest BCUT2D eigenvalue weighted by Crippen LogP contribution is 2.29. The maximum Gasteiger partial charge on any atom is 0.165 e. The standard InChI is InChI=1S/C25H28FN3O/c1-18(2)20-6-8-22(9-7-20)29-16-23(14-21-4-3-5-24(26)25(21)30)28(17-29)15-19-10-12-27-13-11-19/h3-13,18,23,30H,14-17H2,1-2H3. The molecule has 1 N–H and O–H groups in total. The van der Waals surface area contributed by atoms with E-state index in [4.69, 9.17) is 0 Å². The zero-order valence-electron chi connectivity index (χ0n) is 17.5. The summed E-state index contributed by atoms with van der Waals surface area (Å²) in [6.07, 6.45) is 4.21. The predicted molar refractivity (Wildman–Crippen MR) is 118 cm³/mol. The number of aromatic hydroxyl groups is 1. The SMILES string of the molecule is CC(C)c1ccc(N2CC(Cc3cccc(F)c3O)N(Cc3ccncc3)C2)cc1. The topological polar surface area (TPSA) is 39.6 Å². The van der Waals surface area contributed by atoms with Crippen LogP contribution in [0.2, 0.25) is 0 Å². The van der Waals surface area contributed by atoms with Gasteiger partial charge in [-0.1, -0.05) is 38.1 Å². The predicted octanol–water partition coefficient (Wildman–Crippen LogP) is 4.94. The number of halogens is 1. The molecule has 30 heavy (non-hydrogen) atoms. The molecule has 2 heterocycles. The third-order valence-electron chi connectivity index (χ3n) is 5.89. The zero-order valence-corrected chi connectivity index (χ0v) is 17.5. The van der Waals surface area contributed by atoms with Crippen LogP contribution in [0.5, 0.6) is 5.75 Å². The Hall–Kier alpha value is -2.92.